The van der Waals surface area contributed by atoms with Crippen molar-refractivity contribution < 1.29 is 14.3 Å². The average molecular weight is 428 g/mol. The average Bonchev–Trinajstić information content (AvgIpc) is 3.21. The Labute approximate surface area is 179 Å². The lowest BCUT2D eigenvalue weighted by atomic mass is 10.1. The third-order valence-corrected chi connectivity index (χ3v) is 5.32. The van der Waals surface area contributed by atoms with Crippen LogP contribution in [0.15, 0.2) is 53.6 Å². The zero-order valence-corrected chi connectivity index (χ0v) is 17.0. The SMILES string of the molecule is NC(=O)C1CC(C(=O)Nc2cc(Cl)ccc2N2CCOCC2)=NN1c1ccccc1. The summed E-state index contributed by atoms with van der Waals surface area (Å²) in [6, 6.07) is 13.8. The van der Waals surface area contributed by atoms with E-state index in [1.54, 1.807) is 12.1 Å². The molecule has 4 rings (SSSR count). The number of nitrogens with two attached hydrogens (primary N) is 1. The summed E-state index contributed by atoms with van der Waals surface area (Å²) in [7, 11) is 0. The monoisotopic (exact) mass is 427 g/mol. The van der Waals surface area contributed by atoms with E-state index in [0.717, 1.165) is 18.8 Å². The van der Waals surface area contributed by atoms with Gasteiger partial charge >= 0.3 is 0 Å². The molecule has 1 atom stereocenters. The van der Waals surface area contributed by atoms with Crippen molar-refractivity contribution in [2.24, 2.45) is 10.8 Å². The van der Waals surface area contributed by atoms with Crippen molar-refractivity contribution in [3.63, 3.8) is 0 Å². The molecule has 2 aliphatic heterocycles. The molecule has 2 amide bonds. The van der Waals surface area contributed by atoms with E-state index in [1.807, 2.05) is 36.4 Å². The molecule has 3 N–H and O–H groups in total. The third kappa shape index (κ3) is 4.24. The molecular weight excluding hydrogens is 406 g/mol. The number of morpholine rings is 1. The molecule has 0 aliphatic carbocycles. The van der Waals surface area contributed by atoms with E-state index in [0.29, 0.717) is 29.6 Å². The smallest absolute Gasteiger partial charge is 0.272 e. The van der Waals surface area contributed by atoms with Gasteiger partial charge in [-0.2, -0.15) is 5.10 Å². The molecule has 0 spiro atoms. The molecule has 1 unspecified atom stereocenters. The molecule has 0 saturated carbocycles. The predicted molar refractivity (Wildman–Crippen MR) is 117 cm³/mol. The van der Waals surface area contributed by atoms with Gasteiger partial charge in [0.05, 0.1) is 30.3 Å². The summed E-state index contributed by atoms with van der Waals surface area (Å²) in [4.78, 5) is 27.1. The Balaban J connectivity index is 1.58. The highest BCUT2D eigenvalue weighted by atomic mass is 35.5. The first-order valence-electron chi connectivity index (χ1n) is 9.67. The van der Waals surface area contributed by atoms with E-state index in [2.05, 4.69) is 15.3 Å². The summed E-state index contributed by atoms with van der Waals surface area (Å²) >= 11 is 6.17. The molecule has 1 fully saturated rings. The second-order valence-corrected chi connectivity index (χ2v) is 7.50. The maximum absolute atomic E-state index is 13.0. The summed E-state index contributed by atoms with van der Waals surface area (Å²) in [5.74, 6) is -0.932. The number of nitrogens with one attached hydrogen (secondary N) is 1. The Bertz CT molecular complexity index is 976. The topological polar surface area (TPSA) is 100 Å². The maximum Gasteiger partial charge on any atom is 0.272 e. The molecule has 9 heteroatoms. The highest BCUT2D eigenvalue weighted by Gasteiger charge is 2.35. The number of amides is 2. The van der Waals surface area contributed by atoms with Gasteiger partial charge in [0.15, 0.2) is 0 Å². The van der Waals surface area contributed by atoms with E-state index in [4.69, 9.17) is 22.1 Å². The first kappa shape index (κ1) is 20.2. The van der Waals surface area contributed by atoms with Gasteiger partial charge in [-0.05, 0) is 30.3 Å². The van der Waals surface area contributed by atoms with Crippen LogP contribution < -0.4 is 21.0 Å². The lowest BCUT2D eigenvalue weighted by Gasteiger charge is -2.30. The fraction of sp³-hybridized carbons (Fsp3) is 0.286. The molecule has 2 aromatic rings. The quantitative estimate of drug-likeness (QED) is 0.762. The van der Waals surface area contributed by atoms with Crippen LogP contribution in [-0.2, 0) is 14.3 Å². The molecule has 156 valence electrons. The summed E-state index contributed by atoms with van der Waals surface area (Å²) in [6.45, 7) is 2.68. The molecule has 2 heterocycles. The standard InChI is InChI=1S/C21H22ClN5O3/c22-14-6-7-18(26-8-10-30-11-9-26)16(12-14)24-21(29)17-13-19(20(23)28)27(25-17)15-4-2-1-3-5-15/h1-7,12,19H,8-11,13H2,(H2,23,28)(H,24,29). The van der Waals surface area contributed by atoms with E-state index in [-0.39, 0.29) is 12.1 Å². The minimum atomic E-state index is -0.716. The fourth-order valence-electron chi connectivity index (χ4n) is 3.57. The molecule has 2 aliphatic rings. The number of rotatable bonds is 5. The van der Waals surface area contributed by atoms with Gasteiger partial charge < -0.3 is 20.7 Å². The number of para-hydroxylation sites is 1. The van der Waals surface area contributed by atoms with E-state index in [9.17, 15) is 9.59 Å². The van der Waals surface area contributed by atoms with Crippen molar-refractivity contribution in [2.75, 3.05) is 41.5 Å². The Kier molecular flexibility index (Phi) is 5.87. The molecular formula is C21H22ClN5O3. The van der Waals surface area contributed by atoms with Crippen LogP contribution in [0.1, 0.15) is 6.42 Å². The van der Waals surface area contributed by atoms with Gasteiger partial charge in [-0.3, -0.25) is 14.6 Å². The lowest BCUT2D eigenvalue weighted by molar-refractivity contribution is -0.119. The summed E-state index contributed by atoms with van der Waals surface area (Å²) in [5, 5.41) is 9.31. The second-order valence-electron chi connectivity index (χ2n) is 7.06. The zero-order valence-electron chi connectivity index (χ0n) is 16.3. The number of carbonyl (C=O) groups excluding carboxylic acids is 2. The Morgan fingerprint density at radius 2 is 1.87 bits per heavy atom. The van der Waals surface area contributed by atoms with Crippen LogP contribution in [-0.4, -0.2) is 49.9 Å². The van der Waals surface area contributed by atoms with Gasteiger partial charge in [-0.15, -0.1) is 0 Å². The highest BCUT2D eigenvalue weighted by molar-refractivity contribution is 6.44. The number of hydrogen-bond acceptors (Lipinski definition) is 6. The zero-order chi connectivity index (χ0) is 21.1. The lowest BCUT2D eigenvalue weighted by Crippen LogP contribution is -2.39. The van der Waals surface area contributed by atoms with Crippen LogP contribution in [0.4, 0.5) is 17.1 Å². The number of hydrazone groups is 1. The van der Waals surface area contributed by atoms with Crippen LogP contribution in [0.3, 0.4) is 0 Å². The van der Waals surface area contributed by atoms with E-state index in [1.165, 1.54) is 5.01 Å². The van der Waals surface area contributed by atoms with Crippen molar-refractivity contribution >= 4 is 46.2 Å². The number of carbonyl (C=O) groups is 2. The molecule has 8 nitrogen and oxygen atoms in total. The number of anilines is 3. The normalized spacial score (nSPS) is 18.8. The number of primary amides is 1. The van der Waals surface area contributed by atoms with Crippen LogP contribution in [0.5, 0.6) is 0 Å². The van der Waals surface area contributed by atoms with Crippen molar-refractivity contribution in [1.29, 1.82) is 0 Å². The van der Waals surface area contributed by atoms with Gasteiger partial charge in [-0.1, -0.05) is 29.8 Å². The fourth-order valence-corrected chi connectivity index (χ4v) is 3.74. The van der Waals surface area contributed by atoms with Crippen LogP contribution >= 0.6 is 11.6 Å². The third-order valence-electron chi connectivity index (χ3n) is 5.08. The number of hydrogen-bond donors (Lipinski definition) is 2. The van der Waals surface area contributed by atoms with Crippen molar-refractivity contribution in [2.45, 2.75) is 12.5 Å². The molecule has 0 bridgehead atoms. The number of ether oxygens (including phenoxy) is 1. The van der Waals surface area contributed by atoms with Gasteiger partial charge in [0, 0.05) is 24.5 Å². The first-order chi connectivity index (χ1) is 14.5. The minimum absolute atomic E-state index is 0.128. The first-order valence-corrected chi connectivity index (χ1v) is 10.1. The largest absolute Gasteiger partial charge is 0.378 e. The highest BCUT2D eigenvalue weighted by Crippen LogP contribution is 2.31. The Hall–Kier alpha value is -3.10. The Morgan fingerprint density at radius 3 is 2.57 bits per heavy atom. The van der Waals surface area contributed by atoms with Gasteiger partial charge in [0.25, 0.3) is 5.91 Å². The number of benzene rings is 2. The van der Waals surface area contributed by atoms with Crippen LogP contribution in [0.2, 0.25) is 5.02 Å². The van der Waals surface area contributed by atoms with Crippen molar-refractivity contribution in [3.8, 4) is 0 Å². The van der Waals surface area contributed by atoms with Crippen LogP contribution in [0, 0.1) is 0 Å². The van der Waals surface area contributed by atoms with Crippen molar-refractivity contribution in [1.82, 2.24) is 0 Å². The molecule has 30 heavy (non-hydrogen) atoms. The molecule has 0 radical (unpaired) electrons. The van der Waals surface area contributed by atoms with Gasteiger partial charge in [0.1, 0.15) is 11.8 Å². The summed E-state index contributed by atoms with van der Waals surface area (Å²) in [5.41, 5.74) is 7.94. The van der Waals surface area contributed by atoms with Gasteiger partial charge in [0.2, 0.25) is 5.91 Å². The number of nitrogens with zero attached hydrogens (tertiary/aromatic N) is 3. The van der Waals surface area contributed by atoms with Crippen molar-refractivity contribution in [3.05, 3.63) is 53.6 Å². The Morgan fingerprint density at radius 1 is 1.13 bits per heavy atom. The van der Waals surface area contributed by atoms with Crippen LogP contribution in [0.25, 0.3) is 0 Å². The summed E-state index contributed by atoms with van der Waals surface area (Å²) in [6.07, 6.45) is 0.128. The molecule has 1 saturated heterocycles. The summed E-state index contributed by atoms with van der Waals surface area (Å²) < 4.78 is 5.41. The molecule has 2 aromatic carbocycles. The van der Waals surface area contributed by atoms with Gasteiger partial charge in [-0.25, -0.2) is 0 Å². The predicted octanol–water partition coefficient (Wildman–Crippen LogP) is 2.24. The van der Waals surface area contributed by atoms with E-state index >= 15 is 0 Å². The molecule has 0 aromatic heterocycles. The second kappa shape index (κ2) is 8.73. The van der Waals surface area contributed by atoms with E-state index < -0.39 is 17.9 Å². The minimum Gasteiger partial charge on any atom is -0.378 e. The number of halogens is 1. The maximum atomic E-state index is 13.0.